The average Bonchev–Trinajstić information content (AvgIpc) is 3.33. The van der Waals surface area contributed by atoms with E-state index in [4.69, 9.17) is 37.6 Å². The number of hydrogen-bond donors (Lipinski definition) is 1. The van der Waals surface area contributed by atoms with Crippen LogP contribution in [-0.2, 0) is 16.1 Å². The van der Waals surface area contributed by atoms with Crippen LogP contribution in [0.2, 0.25) is 10.0 Å². The van der Waals surface area contributed by atoms with Gasteiger partial charge in [0, 0.05) is 35.5 Å². The van der Waals surface area contributed by atoms with E-state index >= 15 is 4.39 Å². The Hall–Kier alpha value is -2.61. The SMILES string of the molecule is CC(CC(=O)O)c1ccc(N2C[C@@H]3C[C@H]2C[C@H]3OCc2c(-c3c(Cl)cccc3Cl)noc2C2CC2)c(F)c1. The van der Waals surface area contributed by atoms with Crippen LogP contribution in [0, 0.1) is 11.7 Å². The molecule has 2 saturated carbocycles. The zero-order valence-electron chi connectivity index (χ0n) is 21.0. The first-order valence-electron chi connectivity index (χ1n) is 13.1. The quantitative estimate of drug-likeness (QED) is 0.294. The molecule has 3 fully saturated rings. The van der Waals surface area contributed by atoms with Crippen LogP contribution in [-0.4, -0.2) is 34.9 Å². The van der Waals surface area contributed by atoms with E-state index in [1.54, 1.807) is 31.2 Å². The third-order valence-corrected chi connectivity index (χ3v) is 8.85. The van der Waals surface area contributed by atoms with E-state index in [1.807, 2.05) is 6.07 Å². The van der Waals surface area contributed by atoms with E-state index in [0.29, 0.717) is 51.0 Å². The Morgan fingerprint density at radius 2 is 2.00 bits per heavy atom. The van der Waals surface area contributed by atoms with Crippen molar-refractivity contribution in [2.24, 2.45) is 5.92 Å². The smallest absolute Gasteiger partial charge is 0.303 e. The van der Waals surface area contributed by atoms with E-state index < -0.39 is 5.97 Å². The molecule has 6 rings (SSSR count). The summed E-state index contributed by atoms with van der Waals surface area (Å²) < 4.78 is 27.3. The maximum absolute atomic E-state index is 15.1. The third-order valence-electron chi connectivity index (χ3n) is 8.22. The normalized spacial score (nSPS) is 23.3. The van der Waals surface area contributed by atoms with Crippen LogP contribution in [0.5, 0.6) is 0 Å². The van der Waals surface area contributed by atoms with Gasteiger partial charge < -0.3 is 19.3 Å². The van der Waals surface area contributed by atoms with E-state index in [1.165, 1.54) is 6.07 Å². The van der Waals surface area contributed by atoms with Crippen molar-refractivity contribution in [1.82, 2.24) is 5.16 Å². The van der Waals surface area contributed by atoms with E-state index in [0.717, 1.165) is 43.6 Å². The highest BCUT2D eigenvalue weighted by molar-refractivity contribution is 6.39. The highest BCUT2D eigenvalue weighted by atomic mass is 35.5. The maximum Gasteiger partial charge on any atom is 0.303 e. The topological polar surface area (TPSA) is 75.8 Å². The van der Waals surface area contributed by atoms with Gasteiger partial charge in [0.15, 0.2) is 0 Å². The van der Waals surface area contributed by atoms with Gasteiger partial charge in [-0.25, -0.2) is 4.39 Å². The number of carboxylic acid groups (broad SMARTS) is 1. The molecule has 0 radical (unpaired) electrons. The monoisotopic (exact) mass is 558 g/mol. The summed E-state index contributed by atoms with van der Waals surface area (Å²) in [5.41, 5.74) is 3.51. The number of benzene rings is 2. The Labute approximate surface area is 230 Å². The first-order chi connectivity index (χ1) is 18.3. The lowest BCUT2D eigenvalue weighted by Crippen LogP contribution is -2.39. The zero-order valence-corrected chi connectivity index (χ0v) is 22.5. The molecular weight excluding hydrogens is 530 g/mol. The van der Waals surface area contributed by atoms with E-state index in [2.05, 4.69) is 10.1 Å². The Kier molecular flexibility index (Phi) is 6.87. The fraction of sp³-hybridized carbons (Fsp3) is 0.448. The molecule has 2 heterocycles. The standard InChI is InChI=1S/C29H29Cl2FN2O4/c1-15(9-26(35)36)17-7-8-24(23(32)11-17)34-13-18-10-19(34)12-25(18)37-14-20-28(33-38-29(20)16-5-6-16)27-21(30)3-2-4-22(27)31/h2-4,7-8,11,15-16,18-19,25H,5-6,9-10,12-14H2,1H3,(H,35,36)/t15?,18-,19-,25+/m0/s1. The molecule has 4 atom stereocenters. The molecule has 2 aliphatic carbocycles. The predicted molar refractivity (Wildman–Crippen MR) is 143 cm³/mol. The van der Waals surface area contributed by atoms with Gasteiger partial charge in [0.25, 0.3) is 0 Å². The number of fused-ring (bicyclic) bond motifs is 2. The Balaban J connectivity index is 1.15. The lowest BCUT2D eigenvalue weighted by Gasteiger charge is -2.33. The molecule has 9 heteroatoms. The van der Waals surface area contributed by atoms with Crippen LogP contribution < -0.4 is 4.90 Å². The van der Waals surface area contributed by atoms with Gasteiger partial charge in [0.05, 0.1) is 34.9 Å². The Morgan fingerprint density at radius 1 is 1.24 bits per heavy atom. The molecule has 2 bridgehead atoms. The van der Waals surface area contributed by atoms with Crippen LogP contribution >= 0.6 is 23.2 Å². The highest BCUT2D eigenvalue weighted by Gasteiger charge is 2.46. The van der Waals surface area contributed by atoms with Crippen LogP contribution in [0.4, 0.5) is 10.1 Å². The molecule has 0 amide bonds. The summed E-state index contributed by atoms with van der Waals surface area (Å²) >= 11 is 13.0. The number of aromatic nitrogens is 1. The number of anilines is 1. The summed E-state index contributed by atoms with van der Waals surface area (Å²) in [6, 6.07) is 10.7. The molecule has 6 nitrogen and oxygen atoms in total. The minimum Gasteiger partial charge on any atom is -0.481 e. The Bertz CT molecular complexity index is 1350. The van der Waals surface area contributed by atoms with Crippen molar-refractivity contribution >= 4 is 34.9 Å². The largest absolute Gasteiger partial charge is 0.481 e. The molecule has 3 aliphatic rings. The van der Waals surface area contributed by atoms with Gasteiger partial charge in [-0.1, -0.05) is 47.4 Å². The molecule has 200 valence electrons. The van der Waals surface area contributed by atoms with Gasteiger partial charge in [-0.15, -0.1) is 0 Å². The molecule has 1 aliphatic heterocycles. The van der Waals surface area contributed by atoms with Gasteiger partial charge in [-0.2, -0.15) is 0 Å². The van der Waals surface area contributed by atoms with E-state index in [-0.39, 0.29) is 30.3 Å². The van der Waals surface area contributed by atoms with Crippen LogP contribution in [0.1, 0.15) is 67.8 Å². The summed E-state index contributed by atoms with van der Waals surface area (Å²) in [6.45, 7) is 2.89. The van der Waals surface area contributed by atoms with Crippen molar-refractivity contribution in [3.8, 4) is 11.3 Å². The van der Waals surface area contributed by atoms with Gasteiger partial charge in [-0.3, -0.25) is 4.79 Å². The number of carbonyl (C=O) groups is 1. The molecule has 2 aromatic carbocycles. The zero-order chi connectivity index (χ0) is 26.6. The number of rotatable bonds is 9. The number of nitrogens with zero attached hydrogens (tertiary/aromatic N) is 2. The summed E-state index contributed by atoms with van der Waals surface area (Å²) in [5.74, 6) is 0.0803. The van der Waals surface area contributed by atoms with Gasteiger partial charge in [0.1, 0.15) is 17.3 Å². The van der Waals surface area contributed by atoms with Crippen LogP contribution in [0.3, 0.4) is 0 Å². The highest BCUT2D eigenvalue weighted by Crippen LogP contribution is 2.47. The minimum atomic E-state index is -0.887. The Morgan fingerprint density at radius 3 is 2.63 bits per heavy atom. The predicted octanol–water partition coefficient (Wildman–Crippen LogP) is 7.43. The fourth-order valence-electron chi connectivity index (χ4n) is 6.09. The molecular formula is C29H29Cl2FN2O4. The average molecular weight is 559 g/mol. The first-order valence-corrected chi connectivity index (χ1v) is 13.9. The van der Waals surface area contributed by atoms with Gasteiger partial charge in [0.2, 0.25) is 0 Å². The van der Waals surface area contributed by atoms with Gasteiger partial charge >= 0.3 is 5.97 Å². The number of halogens is 3. The van der Waals surface area contributed by atoms with Crippen molar-refractivity contribution in [2.45, 2.75) is 69.6 Å². The molecule has 38 heavy (non-hydrogen) atoms. The lowest BCUT2D eigenvalue weighted by atomic mass is 9.97. The number of aliphatic carboxylic acids is 1. The second-order valence-electron chi connectivity index (χ2n) is 10.8. The minimum absolute atomic E-state index is 0.0226. The van der Waals surface area contributed by atoms with Crippen molar-refractivity contribution in [2.75, 3.05) is 11.4 Å². The molecule has 1 saturated heterocycles. The first kappa shape index (κ1) is 25.7. The van der Waals surface area contributed by atoms with Crippen molar-refractivity contribution < 1.29 is 23.6 Å². The number of ether oxygens (including phenoxy) is 1. The number of piperidine rings is 1. The number of carboxylic acids is 1. The van der Waals surface area contributed by atoms with Crippen molar-refractivity contribution in [1.29, 1.82) is 0 Å². The molecule has 0 spiro atoms. The molecule has 1 aromatic heterocycles. The number of hydrogen-bond acceptors (Lipinski definition) is 5. The second kappa shape index (κ2) is 10.2. The van der Waals surface area contributed by atoms with Gasteiger partial charge in [-0.05, 0) is 61.4 Å². The molecule has 3 aromatic rings. The maximum atomic E-state index is 15.1. The lowest BCUT2D eigenvalue weighted by molar-refractivity contribution is -0.137. The molecule has 1 unspecified atom stereocenters. The second-order valence-corrected chi connectivity index (χ2v) is 11.7. The van der Waals surface area contributed by atoms with Crippen molar-refractivity contribution in [3.63, 3.8) is 0 Å². The summed E-state index contributed by atoms with van der Waals surface area (Å²) in [5, 5.41) is 14.5. The fourth-order valence-corrected chi connectivity index (χ4v) is 6.66. The van der Waals surface area contributed by atoms with Crippen molar-refractivity contribution in [3.05, 3.63) is 69.1 Å². The van der Waals surface area contributed by atoms with E-state index in [9.17, 15) is 4.79 Å². The summed E-state index contributed by atoms with van der Waals surface area (Å²) in [4.78, 5) is 13.2. The van der Waals surface area contributed by atoms with Crippen LogP contribution in [0.15, 0.2) is 40.9 Å². The summed E-state index contributed by atoms with van der Waals surface area (Å²) in [7, 11) is 0. The molecule has 1 N–H and O–H groups in total. The van der Waals surface area contributed by atoms with Crippen LogP contribution in [0.25, 0.3) is 11.3 Å². The summed E-state index contributed by atoms with van der Waals surface area (Å²) in [6.07, 6.45) is 3.94. The third kappa shape index (κ3) is 4.80.